The number of rotatable bonds is 6. The Kier molecular flexibility index (Phi) is 4.63. The molecule has 1 aromatic carbocycles. The first-order valence-electron chi connectivity index (χ1n) is 8.39. The third-order valence-electron chi connectivity index (χ3n) is 4.87. The SMILES string of the molecule is CC(C)c1ccc(C(O)CNC2CCN(C3CC3)C2)cc1. The van der Waals surface area contributed by atoms with Crippen LogP contribution in [-0.2, 0) is 0 Å². The van der Waals surface area contributed by atoms with Gasteiger partial charge in [-0.3, -0.25) is 4.90 Å². The van der Waals surface area contributed by atoms with Crippen LogP contribution in [0.5, 0.6) is 0 Å². The summed E-state index contributed by atoms with van der Waals surface area (Å²) in [5.41, 5.74) is 2.35. The van der Waals surface area contributed by atoms with E-state index in [0.717, 1.165) is 18.2 Å². The van der Waals surface area contributed by atoms with Gasteiger partial charge >= 0.3 is 0 Å². The Morgan fingerprint density at radius 1 is 1.14 bits per heavy atom. The van der Waals surface area contributed by atoms with Crippen molar-refractivity contribution in [3.8, 4) is 0 Å². The van der Waals surface area contributed by atoms with Crippen molar-refractivity contribution in [3.05, 3.63) is 35.4 Å². The first kappa shape index (κ1) is 15.0. The summed E-state index contributed by atoms with van der Waals surface area (Å²) >= 11 is 0. The summed E-state index contributed by atoms with van der Waals surface area (Å²) in [5, 5.41) is 13.9. The number of hydrogen-bond donors (Lipinski definition) is 2. The van der Waals surface area contributed by atoms with Crippen LogP contribution < -0.4 is 5.32 Å². The van der Waals surface area contributed by atoms with Crippen molar-refractivity contribution < 1.29 is 5.11 Å². The maximum absolute atomic E-state index is 10.3. The average Bonchev–Trinajstić information content (AvgIpc) is 3.24. The third kappa shape index (κ3) is 3.85. The molecule has 2 unspecified atom stereocenters. The number of likely N-dealkylation sites (tertiary alicyclic amines) is 1. The molecular formula is C18H28N2O. The molecule has 2 N–H and O–H groups in total. The zero-order chi connectivity index (χ0) is 14.8. The summed E-state index contributed by atoms with van der Waals surface area (Å²) in [6, 6.07) is 9.81. The molecule has 2 atom stereocenters. The molecule has 21 heavy (non-hydrogen) atoms. The molecule has 1 aliphatic heterocycles. The van der Waals surface area contributed by atoms with Crippen molar-refractivity contribution in [2.75, 3.05) is 19.6 Å². The van der Waals surface area contributed by atoms with Crippen molar-refractivity contribution in [3.63, 3.8) is 0 Å². The van der Waals surface area contributed by atoms with Crippen LogP contribution in [-0.4, -0.2) is 41.7 Å². The number of benzene rings is 1. The molecule has 1 saturated carbocycles. The first-order valence-corrected chi connectivity index (χ1v) is 8.39. The van der Waals surface area contributed by atoms with E-state index in [9.17, 15) is 5.11 Å². The lowest BCUT2D eigenvalue weighted by Gasteiger charge is -2.18. The summed E-state index contributed by atoms with van der Waals surface area (Å²) in [6.07, 6.45) is 3.59. The molecule has 0 bridgehead atoms. The molecule has 1 heterocycles. The van der Waals surface area contributed by atoms with Gasteiger partial charge in [0.2, 0.25) is 0 Å². The molecule has 1 aromatic rings. The standard InChI is InChI=1S/C18H28N2O/c1-13(2)14-3-5-15(6-4-14)18(21)11-19-16-9-10-20(12-16)17-7-8-17/h3-6,13,16-19,21H,7-12H2,1-2H3. The van der Waals surface area contributed by atoms with E-state index in [-0.39, 0.29) is 0 Å². The van der Waals surface area contributed by atoms with Crippen LogP contribution in [0.3, 0.4) is 0 Å². The second kappa shape index (κ2) is 6.47. The molecule has 2 fully saturated rings. The van der Waals surface area contributed by atoms with Crippen LogP contribution >= 0.6 is 0 Å². The Morgan fingerprint density at radius 2 is 1.81 bits per heavy atom. The lowest BCUT2D eigenvalue weighted by Crippen LogP contribution is -2.35. The first-order chi connectivity index (χ1) is 10.1. The van der Waals surface area contributed by atoms with Gasteiger partial charge in [0.25, 0.3) is 0 Å². The van der Waals surface area contributed by atoms with Crippen LogP contribution in [0.25, 0.3) is 0 Å². The highest BCUT2D eigenvalue weighted by Crippen LogP contribution is 2.29. The van der Waals surface area contributed by atoms with Crippen LogP contribution in [0.4, 0.5) is 0 Å². The van der Waals surface area contributed by atoms with Gasteiger partial charge in [0.15, 0.2) is 0 Å². The van der Waals surface area contributed by atoms with Gasteiger partial charge in [0, 0.05) is 31.7 Å². The molecule has 3 nitrogen and oxygen atoms in total. The lowest BCUT2D eigenvalue weighted by atomic mass is 10.00. The van der Waals surface area contributed by atoms with Crippen LogP contribution in [0, 0.1) is 0 Å². The quantitative estimate of drug-likeness (QED) is 0.845. The summed E-state index contributed by atoms with van der Waals surface area (Å²) < 4.78 is 0. The van der Waals surface area contributed by atoms with Gasteiger partial charge in [-0.2, -0.15) is 0 Å². The molecule has 1 saturated heterocycles. The number of nitrogens with one attached hydrogen (secondary N) is 1. The van der Waals surface area contributed by atoms with Crippen LogP contribution in [0.2, 0.25) is 0 Å². The summed E-state index contributed by atoms with van der Waals surface area (Å²) in [7, 11) is 0. The average molecular weight is 288 g/mol. The number of hydrogen-bond acceptors (Lipinski definition) is 3. The topological polar surface area (TPSA) is 35.5 Å². The van der Waals surface area contributed by atoms with E-state index in [4.69, 9.17) is 0 Å². The Balaban J connectivity index is 1.46. The molecule has 3 rings (SSSR count). The van der Waals surface area contributed by atoms with Gasteiger partial charge in [-0.05, 0) is 36.3 Å². The summed E-state index contributed by atoms with van der Waals surface area (Å²) in [6.45, 7) is 7.42. The second-order valence-electron chi connectivity index (χ2n) is 6.96. The molecular weight excluding hydrogens is 260 g/mol. The molecule has 0 spiro atoms. The largest absolute Gasteiger partial charge is 0.387 e. The van der Waals surface area contributed by atoms with E-state index in [0.29, 0.717) is 18.5 Å². The van der Waals surface area contributed by atoms with E-state index in [1.165, 1.54) is 31.4 Å². The van der Waals surface area contributed by atoms with Crippen molar-refractivity contribution in [2.45, 2.75) is 57.2 Å². The van der Waals surface area contributed by atoms with E-state index in [1.54, 1.807) is 0 Å². The Morgan fingerprint density at radius 3 is 2.43 bits per heavy atom. The molecule has 0 radical (unpaired) electrons. The lowest BCUT2D eigenvalue weighted by molar-refractivity contribution is 0.169. The molecule has 0 aromatic heterocycles. The normalized spacial score (nSPS) is 24.7. The highest BCUT2D eigenvalue weighted by molar-refractivity contribution is 5.26. The van der Waals surface area contributed by atoms with Gasteiger partial charge < -0.3 is 10.4 Å². The zero-order valence-corrected chi connectivity index (χ0v) is 13.3. The number of nitrogens with zero attached hydrogens (tertiary/aromatic N) is 1. The molecule has 116 valence electrons. The Labute approximate surface area is 128 Å². The summed E-state index contributed by atoms with van der Waals surface area (Å²) in [5.74, 6) is 0.543. The van der Waals surface area contributed by atoms with E-state index in [2.05, 4.69) is 48.3 Å². The summed E-state index contributed by atoms with van der Waals surface area (Å²) in [4.78, 5) is 2.60. The van der Waals surface area contributed by atoms with Gasteiger partial charge in [0.1, 0.15) is 0 Å². The minimum absolute atomic E-state index is 0.402. The number of aliphatic hydroxyl groups is 1. The predicted octanol–water partition coefficient (Wildman–Crippen LogP) is 2.67. The fraction of sp³-hybridized carbons (Fsp3) is 0.667. The van der Waals surface area contributed by atoms with Crippen molar-refractivity contribution >= 4 is 0 Å². The van der Waals surface area contributed by atoms with Crippen molar-refractivity contribution in [1.29, 1.82) is 0 Å². The molecule has 0 amide bonds. The van der Waals surface area contributed by atoms with Crippen LogP contribution in [0.15, 0.2) is 24.3 Å². The fourth-order valence-corrected chi connectivity index (χ4v) is 3.22. The van der Waals surface area contributed by atoms with Crippen molar-refractivity contribution in [1.82, 2.24) is 10.2 Å². The maximum atomic E-state index is 10.3. The predicted molar refractivity (Wildman–Crippen MR) is 86.5 cm³/mol. The highest BCUT2D eigenvalue weighted by atomic mass is 16.3. The number of aliphatic hydroxyl groups excluding tert-OH is 1. The van der Waals surface area contributed by atoms with E-state index in [1.807, 2.05) is 0 Å². The molecule has 2 aliphatic rings. The monoisotopic (exact) mass is 288 g/mol. The highest BCUT2D eigenvalue weighted by Gasteiger charge is 2.34. The van der Waals surface area contributed by atoms with E-state index < -0.39 is 6.10 Å². The third-order valence-corrected chi connectivity index (χ3v) is 4.87. The Hall–Kier alpha value is -0.900. The molecule has 3 heteroatoms. The van der Waals surface area contributed by atoms with E-state index >= 15 is 0 Å². The minimum atomic E-state index is -0.402. The van der Waals surface area contributed by atoms with Gasteiger partial charge in [-0.25, -0.2) is 0 Å². The van der Waals surface area contributed by atoms with Crippen molar-refractivity contribution in [2.24, 2.45) is 0 Å². The van der Waals surface area contributed by atoms with Gasteiger partial charge in [-0.15, -0.1) is 0 Å². The van der Waals surface area contributed by atoms with Gasteiger partial charge in [-0.1, -0.05) is 38.1 Å². The fourth-order valence-electron chi connectivity index (χ4n) is 3.22. The second-order valence-corrected chi connectivity index (χ2v) is 6.96. The van der Waals surface area contributed by atoms with Crippen LogP contribution in [0.1, 0.15) is 56.3 Å². The zero-order valence-electron chi connectivity index (χ0n) is 13.3. The minimum Gasteiger partial charge on any atom is -0.387 e. The Bertz CT molecular complexity index is 453. The molecule has 1 aliphatic carbocycles. The smallest absolute Gasteiger partial charge is 0.0914 e. The maximum Gasteiger partial charge on any atom is 0.0914 e. The van der Waals surface area contributed by atoms with Gasteiger partial charge in [0.05, 0.1) is 6.10 Å².